The van der Waals surface area contributed by atoms with Crippen LogP contribution in [0.25, 0.3) is 33.2 Å². The van der Waals surface area contributed by atoms with E-state index in [1.165, 1.54) is 5.56 Å². The van der Waals surface area contributed by atoms with Crippen molar-refractivity contribution in [3.63, 3.8) is 0 Å². The molecule has 3 aromatic carbocycles. The first kappa shape index (κ1) is 40.1. The van der Waals surface area contributed by atoms with Crippen molar-refractivity contribution in [3.8, 4) is 22.8 Å². The zero-order valence-corrected chi connectivity index (χ0v) is 35.4. The number of ether oxygens (including phenoxy) is 2. The Balaban J connectivity index is 0.848. The topological polar surface area (TPSA) is 181 Å². The second-order valence-corrected chi connectivity index (χ2v) is 17.6. The van der Waals surface area contributed by atoms with Crippen LogP contribution in [0.15, 0.2) is 65.4 Å². The second-order valence-electron chi connectivity index (χ2n) is 17.6. The van der Waals surface area contributed by atoms with Crippen LogP contribution in [0.3, 0.4) is 0 Å². The molecule has 1 aliphatic carbocycles. The Morgan fingerprint density at radius 2 is 1.77 bits per heavy atom. The Bertz CT molecular complexity index is 2630. The third-order valence-electron chi connectivity index (χ3n) is 12.4. The predicted molar refractivity (Wildman–Crippen MR) is 230 cm³/mol. The largest absolute Gasteiger partial charge is 0.495 e. The number of piperazine rings is 1. The minimum Gasteiger partial charge on any atom is -0.495 e. The summed E-state index contributed by atoms with van der Waals surface area (Å²) >= 11 is 0. The van der Waals surface area contributed by atoms with Gasteiger partial charge in [-0.3, -0.25) is 24.6 Å². The van der Waals surface area contributed by atoms with E-state index < -0.39 is 12.0 Å². The van der Waals surface area contributed by atoms with Gasteiger partial charge in [-0.05, 0) is 79.6 Å². The van der Waals surface area contributed by atoms with Crippen molar-refractivity contribution >= 4 is 45.3 Å². The molecule has 0 unspecified atom stereocenters. The number of nitrogens with zero attached hydrogens (tertiary/aromatic N) is 6. The summed E-state index contributed by atoms with van der Waals surface area (Å²) < 4.78 is 17.2. The van der Waals surface area contributed by atoms with E-state index in [9.17, 15) is 14.4 Å². The maximum absolute atomic E-state index is 13.0. The zero-order chi connectivity index (χ0) is 42.6. The number of aromatic amines is 1. The molecule has 0 radical (unpaired) electrons. The first-order valence-electron chi connectivity index (χ1n) is 21.0. The Morgan fingerprint density at radius 1 is 1.00 bits per heavy atom. The number of amides is 3. The van der Waals surface area contributed by atoms with E-state index in [0.717, 1.165) is 94.8 Å². The van der Waals surface area contributed by atoms with Crippen LogP contribution in [0.4, 0.5) is 5.69 Å². The van der Waals surface area contributed by atoms with Gasteiger partial charge in [0, 0.05) is 61.4 Å². The highest BCUT2D eigenvalue weighted by Crippen LogP contribution is 2.43. The van der Waals surface area contributed by atoms with Gasteiger partial charge in [0.15, 0.2) is 11.9 Å². The number of imide groups is 1. The number of H-pyrrole nitrogens is 1. The van der Waals surface area contributed by atoms with Crippen molar-refractivity contribution in [2.24, 2.45) is 0 Å². The van der Waals surface area contributed by atoms with Crippen LogP contribution < -0.4 is 25.0 Å². The average molecular weight is 826 g/mol. The first-order valence-corrected chi connectivity index (χ1v) is 21.0. The lowest BCUT2D eigenvalue weighted by molar-refractivity contribution is -0.138. The van der Waals surface area contributed by atoms with Crippen LogP contribution in [0, 0.1) is 6.92 Å². The van der Waals surface area contributed by atoms with Crippen molar-refractivity contribution in [2.75, 3.05) is 38.2 Å². The van der Waals surface area contributed by atoms with E-state index in [1.807, 2.05) is 58.9 Å². The lowest BCUT2D eigenvalue weighted by Crippen LogP contribution is -2.53. The van der Waals surface area contributed by atoms with Crippen LogP contribution in [-0.4, -0.2) is 93.1 Å². The molecule has 9 rings (SSSR count). The minimum absolute atomic E-state index is 0.0554. The molecule has 316 valence electrons. The van der Waals surface area contributed by atoms with Gasteiger partial charge in [0.05, 0.1) is 35.4 Å². The van der Waals surface area contributed by atoms with Gasteiger partial charge < -0.3 is 29.2 Å². The van der Waals surface area contributed by atoms with Gasteiger partial charge in [-0.25, -0.2) is 9.97 Å². The average Bonchev–Trinajstić information content (AvgIpc) is 3.88. The number of piperidine rings is 1. The third-order valence-corrected chi connectivity index (χ3v) is 12.4. The van der Waals surface area contributed by atoms with Crippen molar-refractivity contribution < 1.29 is 28.4 Å². The lowest BCUT2D eigenvalue weighted by atomic mass is 9.75. The highest BCUT2D eigenvalue weighted by molar-refractivity contribution is 6.13. The summed E-state index contributed by atoms with van der Waals surface area (Å²) in [6, 6.07) is 18.7. The fraction of sp³-hybridized carbons (Fsp3) is 0.413. The fourth-order valence-corrected chi connectivity index (χ4v) is 8.89. The van der Waals surface area contributed by atoms with Crippen LogP contribution in [0.2, 0.25) is 0 Å². The molecule has 2 saturated heterocycles. The van der Waals surface area contributed by atoms with E-state index in [4.69, 9.17) is 19.0 Å². The third kappa shape index (κ3) is 7.89. The van der Waals surface area contributed by atoms with Gasteiger partial charge in [-0.15, -0.1) is 0 Å². The number of benzene rings is 3. The molecule has 61 heavy (non-hydrogen) atoms. The Hall–Kier alpha value is -6.35. The van der Waals surface area contributed by atoms with Crippen molar-refractivity contribution in [2.45, 2.75) is 89.8 Å². The summed E-state index contributed by atoms with van der Waals surface area (Å²) in [5, 5.41) is 11.2. The number of hydrogen-bond acceptors (Lipinski definition) is 12. The number of rotatable bonds is 10. The Morgan fingerprint density at radius 3 is 2.46 bits per heavy atom. The number of methoxy groups -OCH3 is 1. The summed E-state index contributed by atoms with van der Waals surface area (Å²) in [5.74, 6) is 1.34. The molecule has 3 fully saturated rings. The maximum atomic E-state index is 13.0. The summed E-state index contributed by atoms with van der Waals surface area (Å²) in [4.78, 5) is 58.9. The van der Waals surface area contributed by atoms with E-state index >= 15 is 0 Å². The normalized spacial score (nSPS) is 20.4. The van der Waals surface area contributed by atoms with Crippen molar-refractivity contribution in [1.29, 1.82) is 0 Å². The van der Waals surface area contributed by atoms with Crippen LogP contribution in [0.5, 0.6) is 11.5 Å². The van der Waals surface area contributed by atoms with Crippen LogP contribution in [0.1, 0.15) is 98.5 Å². The molecule has 3 amide bonds. The van der Waals surface area contributed by atoms with Crippen molar-refractivity contribution in [3.05, 3.63) is 89.3 Å². The molecule has 15 nitrogen and oxygen atoms in total. The van der Waals surface area contributed by atoms with Gasteiger partial charge >= 0.3 is 11.8 Å². The first-order chi connectivity index (χ1) is 29.3. The van der Waals surface area contributed by atoms with Gasteiger partial charge in [0.25, 0.3) is 5.91 Å². The number of carbonyl (C=O) groups excluding carboxylic acids is 3. The quantitative estimate of drug-likeness (QED) is 0.128. The number of aromatic nitrogens is 5. The van der Waals surface area contributed by atoms with E-state index in [1.54, 1.807) is 13.4 Å². The number of fused-ring (bicyclic) bond motifs is 3. The van der Waals surface area contributed by atoms with Gasteiger partial charge in [-0.1, -0.05) is 50.2 Å². The molecule has 5 heterocycles. The van der Waals surface area contributed by atoms with Gasteiger partial charge in [-0.2, -0.15) is 4.98 Å². The monoisotopic (exact) mass is 825 g/mol. The number of carbonyl (C=O) groups is 3. The summed E-state index contributed by atoms with van der Waals surface area (Å²) in [7, 11) is 1.72. The van der Waals surface area contributed by atoms with E-state index in [-0.39, 0.29) is 29.2 Å². The molecule has 0 spiro atoms. The highest BCUT2D eigenvalue weighted by atomic mass is 16.5. The van der Waals surface area contributed by atoms with Gasteiger partial charge in [0.2, 0.25) is 5.91 Å². The smallest absolute Gasteiger partial charge is 0.315 e. The summed E-state index contributed by atoms with van der Waals surface area (Å²) in [5.41, 5.74) is 7.43. The second kappa shape index (κ2) is 15.9. The molecule has 3 aliphatic rings. The van der Waals surface area contributed by atoms with Gasteiger partial charge in [0.1, 0.15) is 23.5 Å². The SMILES string of the molecule is COc1cc2c(cc1N1CCN([C@H]3C[C@@H](c4ccc(O[C@@H]5CCC(=O)NC5=O)cc4)C3)CC1)[nH]c1ncnc(-c3ccc([C@@H](C)NC(=O)c4nc(C(C)(C)C)no4)c(C)c3)c12. The lowest BCUT2D eigenvalue weighted by Gasteiger charge is -2.47. The molecular formula is C46H51N9O6. The van der Waals surface area contributed by atoms with Crippen molar-refractivity contribution in [1.82, 2.24) is 40.6 Å². The maximum Gasteiger partial charge on any atom is 0.315 e. The predicted octanol–water partition coefficient (Wildman–Crippen LogP) is 6.52. The molecule has 2 atom stereocenters. The molecule has 6 aromatic rings. The molecule has 3 aromatic heterocycles. The molecule has 2 aliphatic heterocycles. The molecule has 15 heteroatoms. The highest BCUT2D eigenvalue weighted by Gasteiger charge is 2.36. The molecule has 0 bridgehead atoms. The zero-order valence-electron chi connectivity index (χ0n) is 35.4. The number of hydrogen-bond donors (Lipinski definition) is 3. The molecule has 1 saturated carbocycles. The standard InChI is InChI=1S/C46H51N9O6/c1-25-19-28(9-12-32(25)26(2)49-43(58)44-52-45(53-61-44)46(3,4)5)40-39-33-22-37(59-6)35(23-34(33)50-41(39)48-24-47-40)55-17-15-54(16-18-55)30-20-29(21-30)27-7-10-31(11-8-27)60-36-13-14-38(56)51-42(36)57/h7-12,19,22-24,26,29-30,36H,13-18,20-21H2,1-6H3,(H,49,58)(H,47,48,50)(H,51,56,57)/t26-,29-,30+,36-/m1/s1. The van der Waals surface area contributed by atoms with E-state index in [0.29, 0.717) is 36.4 Å². The van der Waals surface area contributed by atoms with Crippen LogP contribution in [-0.2, 0) is 15.0 Å². The minimum atomic E-state index is -0.631. The number of anilines is 1. The van der Waals surface area contributed by atoms with Crippen LogP contribution >= 0.6 is 0 Å². The fourth-order valence-electron chi connectivity index (χ4n) is 8.89. The Labute approximate surface area is 353 Å². The number of nitrogens with one attached hydrogen (secondary N) is 3. The number of aryl methyl sites for hydroxylation is 1. The molecular weight excluding hydrogens is 775 g/mol. The Kier molecular flexibility index (Phi) is 10.5. The van der Waals surface area contributed by atoms with E-state index in [2.05, 4.69) is 70.9 Å². The molecule has 3 N–H and O–H groups in total. The summed E-state index contributed by atoms with van der Waals surface area (Å²) in [6.45, 7) is 13.6. The summed E-state index contributed by atoms with van der Waals surface area (Å²) in [6.07, 6.45) is 3.87.